The third kappa shape index (κ3) is 3.76. The molecule has 0 aromatic heterocycles. The van der Waals surface area contributed by atoms with Crippen LogP contribution in [0.15, 0.2) is 24.3 Å². The molecule has 0 radical (unpaired) electrons. The van der Waals surface area contributed by atoms with Gasteiger partial charge in [0.2, 0.25) is 0 Å². The van der Waals surface area contributed by atoms with Gasteiger partial charge in [-0.3, -0.25) is 4.90 Å². The fraction of sp³-hybridized carbons (Fsp3) is 0.385. The molecule has 0 saturated carbocycles. The fourth-order valence-corrected chi connectivity index (χ4v) is 1.27. The Hall–Kier alpha value is -2.04. The van der Waals surface area contributed by atoms with E-state index in [1.807, 2.05) is 0 Å². The SMILES string of the molecule is CN(C(=O)O)c1ccc(C(=O)OC(C)(C)C)cc1. The van der Waals surface area contributed by atoms with Gasteiger partial charge in [-0.15, -0.1) is 0 Å². The molecule has 0 atom stereocenters. The van der Waals surface area contributed by atoms with Crippen molar-refractivity contribution in [1.29, 1.82) is 0 Å². The Morgan fingerprint density at radius 2 is 1.67 bits per heavy atom. The van der Waals surface area contributed by atoms with Crippen molar-refractivity contribution in [3.8, 4) is 0 Å². The lowest BCUT2D eigenvalue weighted by Gasteiger charge is -2.19. The van der Waals surface area contributed by atoms with Gasteiger partial charge >= 0.3 is 12.1 Å². The molecule has 1 N–H and O–H groups in total. The summed E-state index contributed by atoms with van der Waals surface area (Å²) in [5, 5.41) is 8.80. The van der Waals surface area contributed by atoms with Crippen LogP contribution in [0.5, 0.6) is 0 Å². The second-order valence-corrected chi connectivity index (χ2v) is 4.89. The molecule has 1 aromatic rings. The van der Waals surface area contributed by atoms with E-state index in [4.69, 9.17) is 9.84 Å². The van der Waals surface area contributed by atoms with Gasteiger partial charge in [0.25, 0.3) is 0 Å². The summed E-state index contributed by atoms with van der Waals surface area (Å²) in [6.07, 6.45) is -1.06. The molecule has 0 aliphatic heterocycles. The molecule has 1 rings (SSSR count). The Balaban J connectivity index is 2.83. The highest BCUT2D eigenvalue weighted by molar-refractivity contribution is 5.91. The molecule has 5 heteroatoms. The summed E-state index contributed by atoms with van der Waals surface area (Å²) in [5.74, 6) is -0.424. The topological polar surface area (TPSA) is 66.8 Å². The number of ether oxygens (including phenoxy) is 1. The van der Waals surface area contributed by atoms with Gasteiger partial charge in [-0.05, 0) is 45.0 Å². The van der Waals surface area contributed by atoms with Crippen LogP contribution in [0.3, 0.4) is 0 Å². The van der Waals surface area contributed by atoms with Crippen LogP contribution in [-0.2, 0) is 4.74 Å². The molecule has 0 bridgehead atoms. The van der Waals surface area contributed by atoms with Crippen molar-refractivity contribution < 1.29 is 19.4 Å². The van der Waals surface area contributed by atoms with Crippen LogP contribution in [0.4, 0.5) is 10.5 Å². The van der Waals surface area contributed by atoms with Crippen LogP contribution < -0.4 is 4.90 Å². The molecule has 0 saturated heterocycles. The van der Waals surface area contributed by atoms with E-state index >= 15 is 0 Å². The van der Waals surface area contributed by atoms with Gasteiger partial charge in [-0.1, -0.05) is 0 Å². The number of carboxylic acid groups (broad SMARTS) is 1. The van der Waals surface area contributed by atoms with Gasteiger partial charge in [-0.25, -0.2) is 9.59 Å². The van der Waals surface area contributed by atoms with Crippen LogP contribution in [-0.4, -0.2) is 29.8 Å². The van der Waals surface area contributed by atoms with E-state index in [2.05, 4.69) is 0 Å². The van der Waals surface area contributed by atoms with Gasteiger partial charge in [0.1, 0.15) is 5.60 Å². The highest BCUT2D eigenvalue weighted by Gasteiger charge is 2.18. The molecule has 98 valence electrons. The zero-order valence-electron chi connectivity index (χ0n) is 10.9. The zero-order valence-corrected chi connectivity index (χ0v) is 10.9. The number of carbonyl (C=O) groups excluding carboxylic acids is 1. The van der Waals surface area contributed by atoms with Gasteiger partial charge in [0.15, 0.2) is 0 Å². The van der Waals surface area contributed by atoms with Crippen molar-refractivity contribution in [1.82, 2.24) is 0 Å². The second kappa shape index (κ2) is 5.08. The number of hydrogen-bond acceptors (Lipinski definition) is 3. The molecule has 0 aliphatic carbocycles. The molecule has 18 heavy (non-hydrogen) atoms. The molecule has 0 heterocycles. The van der Waals surface area contributed by atoms with Crippen molar-refractivity contribution in [2.45, 2.75) is 26.4 Å². The quantitative estimate of drug-likeness (QED) is 0.821. The summed E-state index contributed by atoms with van der Waals surface area (Å²) in [7, 11) is 1.44. The minimum absolute atomic E-state index is 0.396. The van der Waals surface area contributed by atoms with Crippen molar-refractivity contribution >= 4 is 17.7 Å². The lowest BCUT2D eigenvalue weighted by atomic mass is 10.1. The number of amides is 1. The van der Waals surface area contributed by atoms with Gasteiger partial charge < -0.3 is 9.84 Å². The molecule has 0 aliphatic rings. The maximum absolute atomic E-state index is 11.7. The average Bonchev–Trinajstić information content (AvgIpc) is 2.26. The van der Waals surface area contributed by atoms with E-state index in [1.165, 1.54) is 7.05 Å². The first-order valence-electron chi connectivity index (χ1n) is 5.51. The number of hydrogen-bond donors (Lipinski definition) is 1. The first-order valence-corrected chi connectivity index (χ1v) is 5.51. The highest BCUT2D eigenvalue weighted by atomic mass is 16.6. The summed E-state index contributed by atoms with van der Waals surface area (Å²) in [6.45, 7) is 5.37. The minimum atomic E-state index is -1.06. The van der Waals surface area contributed by atoms with Crippen LogP contribution in [0.2, 0.25) is 0 Å². The van der Waals surface area contributed by atoms with E-state index in [9.17, 15) is 9.59 Å². The summed E-state index contributed by atoms with van der Waals surface area (Å²) >= 11 is 0. The van der Waals surface area contributed by atoms with Crippen LogP contribution in [0.1, 0.15) is 31.1 Å². The smallest absolute Gasteiger partial charge is 0.411 e. The largest absolute Gasteiger partial charge is 0.465 e. The second-order valence-electron chi connectivity index (χ2n) is 4.89. The normalized spacial score (nSPS) is 10.9. The summed E-state index contributed by atoms with van der Waals surface area (Å²) < 4.78 is 5.20. The minimum Gasteiger partial charge on any atom is -0.465 e. The Morgan fingerprint density at radius 1 is 1.17 bits per heavy atom. The van der Waals surface area contributed by atoms with E-state index in [0.717, 1.165) is 4.90 Å². The number of nitrogens with zero attached hydrogens (tertiary/aromatic N) is 1. The maximum Gasteiger partial charge on any atom is 0.411 e. The number of benzene rings is 1. The third-order valence-electron chi connectivity index (χ3n) is 2.18. The van der Waals surface area contributed by atoms with Gasteiger partial charge in [0, 0.05) is 12.7 Å². The standard InChI is InChI=1S/C13H17NO4/c1-13(2,3)18-11(15)9-5-7-10(8-6-9)14(4)12(16)17/h5-8H,1-4H3,(H,16,17). The Bertz CT molecular complexity index is 445. The highest BCUT2D eigenvalue weighted by Crippen LogP contribution is 2.16. The molecular weight excluding hydrogens is 234 g/mol. The van der Waals surface area contributed by atoms with E-state index in [1.54, 1.807) is 45.0 Å². The monoisotopic (exact) mass is 251 g/mol. The molecule has 1 aromatic carbocycles. The number of anilines is 1. The molecule has 0 spiro atoms. The predicted molar refractivity (Wildman–Crippen MR) is 68.0 cm³/mol. The summed E-state index contributed by atoms with van der Waals surface area (Å²) in [5.41, 5.74) is 0.343. The van der Waals surface area contributed by atoms with E-state index < -0.39 is 17.7 Å². The Morgan fingerprint density at radius 3 is 2.06 bits per heavy atom. The van der Waals surface area contributed by atoms with E-state index in [0.29, 0.717) is 11.3 Å². The average molecular weight is 251 g/mol. The third-order valence-corrected chi connectivity index (χ3v) is 2.18. The van der Waals surface area contributed by atoms with E-state index in [-0.39, 0.29) is 0 Å². The molecule has 0 unspecified atom stereocenters. The Labute approximate surface area is 106 Å². The van der Waals surface area contributed by atoms with Crippen molar-refractivity contribution in [3.63, 3.8) is 0 Å². The number of carbonyl (C=O) groups is 2. The lowest BCUT2D eigenvalue weighted by molar-refractivity contribution is 0.00695. The Kier molecular flexibility index (Phi) is 3.96. The van der Waals surface area contributed by atoms with Crippen LogP contribution >= 0.6 is 0 Å². The summed E-state index contributed by atoms with van der Waals surface area (Å²) in [6, 6.07) is 6.21. The van der Waals surface area contributed by atoms with Crippen molar-refractivity contribution in [3.05, 3.63) is 29.8 Å². The summed E-state index contributed by atoms with van der Waals surface area (Å²) in [4.78, 5) is 23.5. The first kappa shape index (κ1) is 14.0. The number of rotatable bonds is 2. The van der Waals surface area contributed by atoms with Crippen LogP contribution in [0, 0.1) is 0 Å². The van der Waals surface area contributed by atoms with Gasteiger partial charge in [-0.2, -0.15) is 0 Å². The zero-order chi connectivity index (χ0) is 13.9. The molecule has 0 fully saturated rings. The predicted octanol–water partition coefficient (Wildman–Crippen LogP) is 2.76. The first-order chi connectivity index (χ1) is 8.20. The maximum atomic E-state index is 11.7. The molecule has 1 amide bonds. The van der Waals surface area contributed by atoms with Crippen molar-refractivity contribution in [2.75, 3.05) is 11.9 Å². The van der Waals surface area contributed by atoms with Crippen LogP contribution in [0.25, 0.3) is 0 Å². The lowest BCUT2D eigenvalue weighted by Crippen LogP contribution is -2.25. The van der Waals surface area contributed by atoms with Gasteiger partial charge in [0.05, 0.1) is 5.56 Å². The van der Waals surface area contributed by atoms with Crippen molar-refractivity contribution in [2.24, 2.45) is 0 Å². The molecule has 5 nitrogen and oxygen atoms in total. The number of esters is 1. The molecular formula is C13H17NO4. The fourth-order valence-electron chi connectivity index (χ4n) is 1.27.